The van der Waals surface area contributed by atoms with Crippen molar-refractivity contribution in [1.82, 2.24) is 4.98 Å². The van der Waals surface area contributed by atoms with Gasteiger partial charge in [0, 0.05) is 23.2 Å². The molecule has 1 aromatic heterocycles. The van der Waals surface area contributed by atoms with Gasteiger partial charge in [0.2, 0.25) is 5.91 Å². The van der Waals surface area contributed by atoms with Gasteiger partial charge in [0.1, 0.15) is 0 Å². The maximum Gasteiger partial charge on any atom is 0.227 e. The van der Waals surface area contributed by atoms with E-state index in [4.69, 9.17) is 10.2 Å². The van der Waals surface area contributed by atoms with Crippen LogP contribution >= 0.6 is 0 Å². The van der Waals surface area contributed by atoms with E-state index >= 15 is 0 Å². The normalized spacial score (nSPS) is 22.0. The van der Waals surface area contributed by atoms with Gasteiger partial charge in [0.05, 0.1) is 6.20 Å². The van der Waals surface area contributed by atoms with Crippen molar-refractivity contribution in [3.63, 3.8) is 0 Å². The molecule has 1 amide bonds. The molecule has 1 aromatic carbocycles. The summed E-state index contributed by atoms with van der Waals surface area (Å²) in [6.07, 6.45) is 6.69. The highest BCUT2D eigenvalue weighted by molar-refractivity contribution is 5.92. The van der Waals surface area contributed by atoms with Crippen LogP contribution in [0.2, 0.25) is 0 Å². The van der Waals surface area contributed by atoms with Crippen molar-refractivity contribution in [2.75, 3.05) is 5.32 Å². The number of benzene rings is 1. The lowest BCUT2D eigenvalue weighted by Gasteiger charge is -2.25. The highest BCUT2D eigenvalue weighted by Crippen LogP contribution is 2.25. The second kappa shape index (κ2) is 6.10. The number of aromatic nitrogens is 1. The molecule has 0 spiro atoms. The minimum atomic E-state index is 0.0822. The first-order chi connectivity index (χ1) is 10.2. The molecule has 0 bridgehead atoms. The zero-order valence-electron chi connectivity index (χ0n) is 11.8. The predicted molar refractivity (Wildman–Crippen MR) is 80.5 cm³/mol. The van der Waals surface area contributed by atoms with Crippen LogP contribution in [0.5, 0.6) is 0 Å². The molecule has 5 heteroatoms. The van der Waals surface area contributed by atoms with E-state index in [0.717, 1.165) is 36.9 Å². The standard InChI is InChI=1S/C16H19N3O2/c17-13-5-1-12(2-6-13)16(20)19-14-7-3-11(4-8-14)15-9-18-10-21-15/h3-4,7-10,12-13H,1-2,5-6,17H2,(H,19,20). The van der Waals surface area contributed by atoms with Crippen molar-refractivity contribution in [2.45, 2.75) is 31.7 Å². The lowest BCUT2D eigenvalue weighted by molar-refractivity contribution is -0.120. The fourth-order valence-corrected chi connectivity index (χ4v) is 2.70. The molecule has 21 heavy (non-hydrogen) atoms. The van der Waals surface area contributed by atoms with Crippen molar-refractivity contribution >= 4 is 11.6 Å². The molecule has 2 aromatic rings. The van der Waals surface area contributed by atoms with Gasteiger partial charge >= 0.3 is 0 Å². The molecule has 1 heterocycles. The number of nitrogens with two attached hydrogens (primary N) is 1. The van der Waals surface area contributed by atoms with Crippen molar-refractivity contribution in [3.8, 4) is 11.3 Å². The third kappa shape index (κ3) is 3.31. The maximum atomic E-state index is 12.2. The van der Waals surface area contributed by atoms with Crippen LogP contribution in [0.3, 0.4) is 0 Å². The highest BCUT2D eigenvalue weighted by Gasteiger charge is 2.24. The van der Waals surface area contributed by atoms with Crippen LogP contribution in [0.25, 0.3) is 11.3 Å². The fourth-order valence-electron chi connectivity index (χ4n) is 2.70. The predicted octanol–water partition coefficient (Wildman–Crippen LogP) is 2.80. The van der Waals surface area contributed by atoms with Gasteiger partial charge in [-0.05, 0) is 49.9 Å². The van der Waals surface area contributed by atoms with Crippen molar-refractivity contribution in [2.24, 2.45) is 11.7 Å². The summed E-state index contributed by atoms with van der Waals surface area (Å²) >= 11 is 0. The number of rotatable bonds is 3. The number of hydrogen-bond acceptors (Lipinski definition) is 4. The Morgan fingerprint density at radius 1 is 1.19 bits per heavy atom. The first kappa shape index (κ1) is 13.8. The molecule has 0 radical (unpaired) electrons. The number of amides is 1. The maximum absolute atomic E-state index is 12.2. The number of oxazole rings is 1. The van der Waals surface area contributed by atoms with Crippen LogP contribution in [0.1, 0.15) is 25.7 Å². The number of carbonyl (C=O) groups is 1. The monoisotopic (exact) mass is 285 g/mol. The van der Waals surface area contributed by atoms with Gasteiger partial charge in [-0.25, -0.2) is 4.98 Å². The van der Waals surface area contributed by atoms with Crippen LogP contribution < -0.4 is 11.1 Å². The number of anilines is 1. The smallest absolute Gasteiger partial charge is 0.227 e. The Hall–Kier alpha value is -2.14. The first-order valence-corrected chi connectivity index (χ1v) is 7.28. The molecule has 110 valence electrons. The van der Waals surface area contributed by atoms with Gasteiger partial charge in [0.25, 0.3) is 0 Å². The van der Waals surface area contributed by atoms with E-state index < -0.39 is 0 Å². The molecule has 5 nitrogen and oxygen atoms in total. The van der Waals surface area contributed by atoms with E-state index in [2.05, 4.69) is 10.3 Å². The quantitative estimate of drug-likeness (QED) is 0.908. The van der Waals surface area contributed by atoms with Crippen LogP contribution in [0.15, 0.2) is 41.3 Å². The molecule has 0 aliphatic heterocycles. The van der Waals surface area contributed by atoms with E-state index in [-0.39, 0.29) is 17.9 Å². The SMILES string of the molecule is NC1CCC(C(=O)Nc2ccc(-c3cnco3)cc2)CC1. The van der Waals surface area contributed by atoms with Gasteiger partial charge in [-0.1, -0.05) is 0 Å². The van der Waals surface area contributed by atoms with E-state index in [0.29, 0.717) is 5.76 Å². The number of nitrogens with zero attached hydrogens (tertiary/aromatic N) is 1. The van der Waals surface area contributed by atoms with E-state index in [1.165, 1.54) is 6.39 Å². The molecule has 1 saturated carbocycles. The van der Waals surface area contributed by atoms with Crippen LogP contribution in [-0.2, 0) is 4.79 Å². The second-order valence-electron chi connectivity index (χ2n) is 5.54. The Morgan fingerprint density at radius 3 is 2.52 bits per heavy atom. The van der Waals surface area contributed by atoms with Crippen LogP contribution in [0, 0.1) is 5.92 Å². The fraction of sp³-hybridized carbons (Fsp3) is 0.375. The van der Waals surface area contributed by atoms with Gasteiger partial charge in [-0.2, -0.15) is 0 Å². The molecule has 0 unspecified atom stereocenters. The molecule has 0 saturated heterocycles. The zero-order chi connectivity index (χ0) is 14.7. The third-order valence-electron chi connectivity index (χ3n) is 4.01. The lowest BCUT2D eigenvalue weighted by Crippen LogP contribution is -2.32. The molecule has 3 N–H and O–H groups in total. The zero-order valence-corrected chi connectivity index (χ0v) is 11.8. The summed E-state index contributed by atoms with van der Waals surface area (Å²) in [5.41, 5.74) is 7.61. The molecule has 1 aliphatic carbocycles. The largest absolute Gasteiger partial charge is 0.444 e. The summed E-state index contributed by atoms with van der Waals surface area (Å²) in [6.45, 7) is 0. The summed E-state index contributed by atoms with van der Waals surface area (Å²) in [6, 6.07) is 7.84. The third-order valence-corrected chi connectivity index (χ3v) is 4.01. The summed E-state index contributed by atoms with van der Waals surface area (Å²) in [7, 11) is 0. The molecular weight excluding hydrogens is 266 g/mol. The number of nitrogens with one attached hydrogen (secondary N) is 1. The molecule has 0 atom stereocenters. The summed E-state index contributed by atoms with van der Waals surface area (Å²) in [5, 5.41) is 2.97. The Labute approximate surface area is 123 Å². The molecule has 1 fully saturated rings. The highest BCUT2D eigenvalue weighted by atomic mass is 16.3. The van der Waals surface area contributed by atoms with Crippen LogP contribution in [-0.4, -0.2) is 16.9 Å². The average Bonchev–Trinajstić information content (AvgIpc) is 3.03. The number of carbonyl (C=O) groups excluding carboxylic acids is 1. The van der Waals surface area contributed by atoms with E-state index in [9.17, 15) is 4.79 Å². The summed E-state index contributed by atoms with van der Waals surface area (Å²) in [4.78, 5) is 16.1. The Bertz CT molecular complexity index is 584. The van der Waals surface area contributed by atoms with Gasteiger partial charge in [0.15, 0.2) is 12.2 Å². The number of hydrogen-bond donors (Lipinski definition) is 2. The van der Waals surface area contributed by atoms with Crippen molar-refractivity contribution in [1.29, 1.82) is 0 Å². The first-order valence-electron chi connectivity index (χ1n) is 7.28. The minimum Gasteiger partial charge on any atom is -0.444 e. The Morgan fingerprint density at radius 2 is 1.90 bits per heavy atom. The van der Waals surface area contributed by atoms with Crippen LogP contribution in [0.4, 0.5) is 5.69 Å². The average molecular weight is 285 g/mol. The molecule has 1 aliphatic rings. The van der Waals surface area contributed by atoms with Gasteiger partial charge < -0.3 is 15.5 Å². The van der Waals surface area contributed by atoms with Gasteiger partial charge in [-0.15, -0.1) is 0 Å². The molecule has 3 rings (SSSR count). The van der Waals surface area contributed by atoms with E-state index in [1.54, 1.807) is 6.20 Å². The van der Waals surface area contributed by atoms with Crippen molar-refractivity contribution < 1.29 is 9.21 Å². The lowest BCUT2D eigenvalue weighted by atomic mass is 9.86. The van der Waals surface area contributed by atoms with Gasteiger partial charge in [-0.3, -0.25) is 4.79 Å². The van der Waals surface area contributed by atoms with E-state index in [1.807, 2.05) is 24.3 Å². The summed E-state index contributed by atoms with van der Waals surface area (Å²) < 4.78 is 5.24. The molecular formula is C16H19N3O2. The second-order valence-corrected chi connectivity index (χ2v) is 5.54. The van der Waals surface area contributed by atoms with Crippen molar-refractivity contribution in [3.05, 3.63) is 36.9 Å². The minimum absolute atomic E-state index is 0.0822. The Balaban J connectivity index is 1.61. The summed E-state index contributed by atoms with van der Waals surface area (Å²) in [5.74, 6) is 0.891. The topological polar surface area (TPSA) is 81.2 Å². The Kier molecular flexibility index (Phi) is 4.01.